The molecule has 0 radical (unpaired) electrons. The van der Waals surface area contributed by atoms with Crippen LogP contribution in [0.2, 0.25) is 0 Å². The summed E-state index contributed by atoms with van der Waals surface area (Å²) in [5.41, 5.74) is 2.24. The Hall–Kier alpha value is -2.49. The van der Waals surface area contributed by atoms with E-state index in [9.17, 15) is 18.5 Å². The fraction of sp³-hybridized carbons (Fsp3) is 0.429. The highest BCUT2D eigenvalue weighted by molar-refractivity contribution is 7.89. The number of sulfonamides is 1. The number of non-ortho nitro benzene ring substituents is 1. The first-order valence-electron chi connectivity index (χ1n) is 9.90. The summed E-state index contributed by atoms with van der Waals surface area (Å²) in [7, 11) is -3.93. The number of nitrogens with one attached hydrogen (secondary N) is 1. The second-order valence-corrected chi connectivity index (χ2v) is 9.58. The highest BCUT2D eigenvalue weighted by atomic mass is 32.2. The maximum Gasteiger partial charge on any atom is 0.270 e. The topological polar surface area (TPSA) is 102 Å². The van der Waals surface area contributed by atoms with Crippen LogP contribution < -0.4 is 5.32 Å². The molecule has 2 aromatic carbocycles. The van der Waals surface area contributed by atoms with Crippen molar-refractivity contribution < 1.29 is 18.1 Å². The van der Waals surface area contributed by atoms with E-state index in [-0.39, 0.29) is 35.6 Å². The molecule has 162 valence electrons. The summed E-state index contributed by atoms with van der Waals surface area (Å²) in [5, 5.41) is 14.7. The zero-order valence-corrected chi connectivity index (χ0v) is 18.2. The lowest BCUT2D eigenvalue weighted by atomic mass is 9.92. The lowest BCUT2D eigenvalue weighted by Gasteiger charge is -2.29. The molecule has 0 amide bonds. The molecule has 0 aliphatic carbocycles. The molecule has 1 heterocycles. The Labute approximate surface area is 177 Å². The zero-order valence-electron chi connectivity index (χ0n) is 17.4. The quantitative estimate of drug-likeness (QED) is 0.527. The Morgan fingerprint density at radius 1 is 1.13 bits per heavy atom. The molecule has 0 bridgehead atoms. The number of hydrogen-bond donors (Lipinski definition) is 1. The third-order valence-corrected chi connectivity index (χ3v) is 7.20. The molecule has 30 heavy (non-hydrogen) atoms. The van der Waals surface area contributed by atoms with Gasteiger partial charge in [0.15, 0.2) is 0 Å². The number of hydrogen-bond acceptors (Lipinski definition) is 6. The van der Waals surface area contributed by atoms with Crippen LogP contribution in [0.3, 0.4) is 0 Å². The lowest BCUT2D eigenvalue weighted by molar-refractivity contribution is -0.385. The molecule has 1 aliphatic heterocycles. The van der Waals surface area contributed by atoms with Gasteiger partial charge in [-0.05, 0) is 30.0 Å². The Bertz CT molecular complexity index is 1020. The Morgan fingerprint density at radius 3 is 2.40 bits per heavy atom. The predicted molar refractivity (Wildman–Crippen MR) is 115 cm³/mol. The van der Waals surface area contributed by atoms with E-state index in [0.29, 0.717) is 18.9 Å². The van der Waals surface area contributed by atoms with Gasteiger partial charge in [0.2, 0.25) is 10.0 Å². The Kier molecular flexibility index (Phi) is 6.74. The second kappa shape index (κ2) is 9.11. The van der Waals surface area contributed by atoms with Crippen LogP contribution in [0.15, 0.2) is 47.4 Å². The second-order valence-electron chi connectivity index (χ2n) is 7.68. The molecule has 1 saturated heterocycles. The number of benzene rings is 2. The van der Waals surface area contributed by atoms with Gasteiger partial charge in [-0.1, -0.05) is 38.1 Å². The van der Waals surface area contributed by atoms with Gasteiger partial charge in [-0.25, -0.2) is 8.42 Å². The molecule has 3 rings (SSSR count). The van der Waals surface area contributed by atoms with Gasteiger partial charge < -0.3 is 10.1 Å². The Morgan fingerprint density at radius 2 is 1.80 bits per heavy atom. The Balaban J connectivity index is 2.07. The molecule has 0 spiro atoms. The summed E-state index contributed by atoms with van der Waals surface area (Å²) in [4.78, 5) is 10.7. The monoisotopic (exact) mass is 433 g/mol. The SMILES string of the molecule is Cc1ccccc1C(Nc1ccc([N+](=O)[O-])cc1S(=O)(=O)N1CCOCC1)C(C)C. The fourth-order valence-electron chi connectivity index (χ4n) is 3.59. The van der Waals surface area contributed by atoms with Gasteiger partial charge in [-0.15, -0.1) is 0 Å². The van der Waals surface area contributed by atoms with Gasteiger partial charge in [-0.2, -0.15) is 4.31 Å². The minimum absolute atomic E-state index is 0.0853. The van der Waals surface area contributed by atoms with Crippen molar-refractivity contribution in [2.24, 2.45) is 5.92 Å². The van der Waals surface area contributed by atoms with Crippen molar-refractivity contribution in [3.05, 3.63) is 63.7 Å². The van der Waals surface area contributed by atoms with Crippen LogP contribution in [0, 0.1) is 23.0 Å². The van der Waals surface area contributed by atoms with E-state index in [2.05, 4.69) is 5.32 Å². The maximum absolute atomic E-state index is 13.3. The number of nitro benzene ring substituents is 1. The van der Waals surface area contributed by atoms with Crippen molar-refractivity contribution in [2.45, 2.75) is 31.7 Å². The summed E-state index contributed by atoms with van der Waals surface area (Å²) in [6.07, 6.45) is 0. The number of nitrogens with zero attached hydrogens (tertiary/aromatic N) is 2. The van der Waals surface area contributed by atoms with Crippen molar-refractivity contribution in [3.8, 4) is 0 Å². The van der Waals surface area contributed by atoms with Gasteiger partial charge in [-0.3, -0.25) is 10.1 Å². The van der Waals surface area contributed by atoms with Crippen molar-refractivity contribution in [1.29, 1.82) is 0 Å². The van der Waals surface area contributed by atoms with Crippen LogP contribution >= 0.6 is 0 Å². The third kappa shape index (κ3) is 4.63. The summed E-state index contributed by atoms with van der Waals surface area (Å²) >= 11 is 0. The van der Waals surface area contributed by atoms with E-state index in [0.717, 1.165) is 17.2 Å². The predicted octanol–water partition coefficient (Wildman–Crippen LogP) is 3.73. The average Bonchev–Trinajstić information content (AvgIpc) is 2.73. The summed E-state index contributed by atoms with van der Waals surface area (Å²) < 4.78 is 33.3. The third-order valence-electron chi connectivity index (χ3n) is 5.27. The fourth-order valence-corrected chi connectivity index (χ4v) is 5.17. The van der Waals surface area contributed by atoms with E-state index in [1.165, 1.54) is 16.4 Å². The van der Waals surface area contributed by atoms with E-state index in [1.807, 2.05) is 45.0 Å². The maximum atomic E-state index is 13.3. The van der Waals surface area contributed by atoms with Crippen molar-refractivity contribution in [1.82, 2.24) is 4.31 Å². The van der Waals surface area contributed by atoms with Crippen LogP contribution in [0.4, 0.5) is 11.4 Å². The van der Waals surface area contributed by atoms with Crippen LogP contribution in [-0.2, 0) is 14.8 Å². The van der Waals surface area contributed by atoms with E-state index in [4.69, 9.17) is 4.74 Å². The number of ether oxygens (including phenoxy) is 1. The molecule has 2 aromatic rings. The minimum atomic E-state index is -3.93. The first kappa shape index (κ1) is 22.2. The van der Waals surface area contributed by atoms with E-state index in [1.54, 1.807) is 0 Å². The van der Waals surface area contributed by atoms with Gasteiger partial charge in [0, 0.05) is 25.2 Å². The molecule has 1 aliphatic rings. The smallest absolute Gasteiger partial charge is 0.270 e. The number of nitro groups is 1. The van der Waals surface area contributed by atoms with E-state index < -0.39 is 14.9 Å². The molecule has 1 atom stereocenters. The summed E-state index contributed by atoms with van der Waals surface area (Å²) in [6.45, 7) is 7.14. The number of anilines is 1. The van der Waals surface area contributed by atoms with Crippen LogP contribution in [0.25, 0.3) is 0 Å². The van der Waals surface area contributed by atoms with Crippen molar-refractivity contribution >= 4 is 21.4 Å². The highest BCUT2D eigenvalue weighted by Gasteiger charge is 2.31. The molecule has 1 fully saturated rings. The lowest BCUT2D eigenvalue weighted by Crippen LogP contribution is -2.40. The number of morpholine rings is 1. The van der Waals surface area contributed by atoms with Crippen molar-refractivity contribution in [2.75, 3.05) is 31.6 Å². The average molecular weight is 434 g/mol. The molecule has 9 heteroatoms. The van der Waals surface area contributed by atoms with Crippen molar-refractivity contribution in [3.63, 3.8) is 0 Å². The molecule has 1 unspecified atom stereocenters. The first-order valence-corrected chi connectivity index (χ1v) is 11.3. The van der Waals surface area contributed by atoms with Gasteiger partial charge in [0.25, 0.3) is 5.69 Å². The summed E-state index contributed by atoms with van der Waals surface area (Å²) in [5.74, 6) is 0.153. The minimum Gasteiger partial charge on any atom is -0.379 e. The molecule has 1 N–H and O–H groups in total. The van der Waals surface area contributed by atoms with Gasteiger partial charge in [0.1, 0.15) is 4.90 Å². The number of aryl methyl sites for hydroxylation is 1. The van der Waals surface area contributed by atoms with Crippen LogP contribution in [-0.4, -0.2) is 43.9 Å². The summed E-state index contributed by atoms with van der Waals surface area (Å²) in [6, 6.07) is 11.7. The van der Waals surface area contributed by atoms with E-state index >= 15 is 0 Å². The normalized spacial score (nSPS) is 16.4. The molecular formula is C21H27N3O5S. The molecular weight excluding hydrogens is 406 g/mol. The van der Waals surface area contributed by atoms with Gasteiger partial charge >= 0.3 is 0 Å². The first-order chi connectivity index (χ1) is 14.2. The van der Waals surface area contributed by atoms with Gasteiger partial charge in [0.05, 0.1) is 29.9 Å². The molecule has 0 saturated carbocycles. The van der Waals surface area contributed by atoms with Crippen LogP contribution in [0.5, 0.6) is 0 Å². The highest BCUT2D eigenvalue weighted by Crippen LogP contribution is 2.35. The zero-order chi connectivity index (χ0) is 21.9. The van der Waals surface area contributed by atoms with Crippen LogP contribution in [0.1, 0.15) is 31.0 Å². The molecule has 0 aromatic heterocycles. The largest absolute Gasteiger partial charge is 0.379 e. The number of rotatable bonds is 7. The molecule has 8 nitrogen and oxygen atoms in total. The standard InChI is InChI=1S/C21H27N3O5S/c1-15(2)21(18-7-5-4-6-16(18)3)22-19-9-8-17(24(25)26)14-20(19)30(27,28)23-10-12-29-13-11-23/h4-9,14-15,21-22H,10-13H2,1-3H3.